The summed E-state index contributed by atoms with van der Waals surface area (Å²) in [6.07, 6.45) is 6.02. The van der Waals surface area contributed by atoms with Crippen molar-refractivity contribution in [2.75, 3.05) is 0 Å². The number of rotatable bonds is 5. The average Bonchev–Trinajstić information content (AvgIpc) is 2.27. The molecule has 0 N–H and O–H groups in total. The van der Waals surface area contributed by atoms with E-state index in [1.54, 1.807) is 12.1 Å². The Morgan fingerprint density at radius 2 is 2.31 bits per heavy atom. The van der Waals surface area contributed by atoms with Crippen LogP contribution in [0.4, 0.5) is 5.69 Å². The van der Waals surface area contributed by atoms with E-state index in [1.165, 1.54) is 10.3 Å². The molecule has 83 valence electrons. The summed E-state index contributed by atoms with van der Waals surface area (Å²) in [6.45, 7) is 2.12. The standard InChI is InChI=1S/C12H13NO2.V/c1-2-3-4-5-7-11-8-6-9-12(10-11)13(14)15;/h5-10H,2-3H2,1H3;/b7-5+;. The normalized spacial score (nSPS) is 10.5. The van der Waals surface area contributed by atoms with E-state index in [2.05, 4.69) is 23.9 Å². The zero-order valence-corrected chi connectivity index (χ0v) is 10.5. The van der Waals surface area contributed by atoms with E-state index >= 15 is 0 Å². The molecule has 0 aliphatic heterocycles. The number of allylic oxidation sites excluding steroid dienone is 1. The fourth-order valence-electron chi connectivity index (χ4n) is 1.27. The summed E-state index contributed by atoms with van der Waals surface area (Å²) in [7, 11) is 0. The summed E-state index contributed by atoms with van der Waals surface area (Å²) in [5.74, 6) is 0. The SMILES string of the molecule is CCC[C](=[V])/C=C/c1cccc([N+](=O)[O-])c1. The molecule has 16 heavy (non-hydrogen) atoms. The zero-order valence-electron chi connectivity index (χ0n) is 9.09. The van der Waals surface area contributed by atoms with Crippen LogP contribution >= 0.6 is 0 Å². The Morgan fingerprint density at radius 3 is 2.94 bits per heavy atom. The first-order chi connectivity index (χ1) is 7.63. The van der Waals surface area contributed by atoms with Crippen LogP contribution in [0.15, 0.2) is 30.3 Å². The van der Waals surface area contributed by atoms with Gasteiger partial charge in [-0.15, -0.1) is 0 Å². The van der Waals surface area contributed by atoms with Crippen molar-refractivity contribution >= 4 is 16.0 Å². The molecule has 1 rings (SSSR count). The third kappa shape index (κ3) is 4.13. The monoisotopic (exact) mass is 254 g/mol. The number of nitro groups is 1. The van der Waals surface area contributed by atoms with Gasteiger partial charge in [0.25, 0.3) is 0 Å². The predicted molar refractivity (Wildman–Crippen MR) is 62.0 cm³/mol. The maximum absolute atomic E-state index is 10.6. The number of nitrogens with zero attached hydrogens (tertiary/aromatic N) is 1. The number of benzene rings is 1. The minimum atomic E-state index is -0.379. The molecule has 0 radical (unpaired) electrons. The molecule has 4 heteroatoms. The summed E-state index contributed by atoms with van der Waals surface area (Å²) in [6, 6.07) is 6.62. The van der Waals surface area contributed by atoms with Crippen molar-refractivity contribution in [1.82, 2.24) is 0 Å². The van der Waals surface area contributed by atoms with E-state index in [4.69, 9.17) is 0 Å². The second-order valence-electron chi connectivity index (χ2n) is 3.43. The van der Waals surface area contributed by atoms with Crippen LogP contribution in [0, 0.1) is 10.1 Å². The Balaban J connectivity index is 2.77. The molecule has 0 unspecified atom stereocenters. The summed E-state index contributed by atoms with van der Waals surface area (Å²) in [5, 5.41) is 10.6. The molecule has 0 atom stereocenters. The van der Waals surface area contributed by atoms with E-state index in [9.17, 15) is 10.1 Å². The molecule has 0 amide bonds. The van der Waals surface area contributed by atoms with Gasteiger partial charge in [-0.05, 0) is 0 Å². The summed E-state index contributed by atoms with van der Waals surface area (Å²) < 4.78 is 1.22. The van der Waals surface area contributed by atoms with Crippen LogP contribution in [0.1, 0.15) is 25.3 Å². The quantitative estimate of drug-likeness (QED) is 0.598. The average molecular weight is 254 g/mol. The Labute approximate surface area is 104 Å². The summed E-state index contributed by atoms with van der Waals surface area (Å²) in [5.41, 5.74) is 0.985. The predicted octanol–water partition coefficient (Wildman–Crippen LogP) is 3.13. The van der Waals surface area contributed by atoms with E-state index in [-0.39, 0.29) is 10.6 Å². The molecular weight excluding hydrogens is 241 g/mol. The first kappa shape index (κ1) is 12.9. The second-order valence-corrected chi connectivity index (χ2v) is 4.32. The Morgan fingerprint density at radius 1 is 1.56 bits per heavy atom. The second kappa shape index (κ2) is 6.41. The maximum atomic E-state index is 10.6. The molecule has 0 aliphatic carbocycles. The van der Waals surface area contributed by atoms with Crippen LogP contribution in [-0.4, -0.2) is 9.15 Å². The van der Waals surface area contributed by atoms with Gasteiger partial charge < -0.3 is 0 Å². The molecule has 0 aliphatic rings. The van der Waals surface area contributed by atoms with Gasteiger partial charge in [-0.3, -0.25) is 0 Å². The third-order valence-corrected chi connectivity index (χ3v) is 2.64. The molecule has 1 aromatic carbocycles. The first-order valence-electron chi connectivity index (χ1n) is 5.11. The Bertz CT molecular complexity index is 427. The van der Waals surface area contributed by atoms with Gasteiger partial charge in [0.05, 0.1) is 0 Å². The van der Waals surface area contributed by atoms with E-state index in [0.717, 1.165) is 18.4 Å². The van der Waals surface area contributed by atoms with Crippen molar-refractivity contribution in [1.29, 1.82) is 0 Å². The van der Waals surface area contributed by atoms with Crippen molar-refractivity contribution in [2.45, 2.75) is 19.8 Å². The van der Waals surface area contributed by atoms with Gasteiger partial charge in [0.2, 0.25) is 0 Å². The van der Waals surface area contributed by atoms with Crippen LogP contribution < -0.4 is 0 Å². The van der Waals surface area contributed by atoms with Gasteiger partial charge in [0, 0.05) is 0 Å². The fourth-order valence-corrected chi connectivity index (χ4v) is 1.74. The molecular formula is C12H13NO2V. The van der Waals surface area contributed by atoms with Crippen molar-refractivity contribution in [2.24, 2.45) is 0 Å². The van der Waals surface area contributed by atoms with Crippen LogP contribution in [0.25, 0.3) is 6.08 Å². The molecule has 1 aromatic rings. The molecule has 0 aromatic heterocycles. The van der Waals surface area contributed by atoms with Gasteiger partial charge in [-0.25, -0.2) is 0 Å². The van der Waals surface area contributed by atoms with Crippen LogP contribution in [0.5, 0.6) is 0 Å². The topological polar surface area (TPSA) is 43.1 Å². The van der Waals surface area contributed by atoms with Crippen molar-refractivity contribution in [3.8, 4) is 0 Å². The van der Waals surface area contributed by atoms with Gasteiger partial charge in [-0.2, -0.15) is 0 Å². The van der Waals surface area contributed by atoms with E-state index in [1.807, 2.05) is 18.2 Å². The van der Waals surface area contributed by atoms with Crippen LogP contribution in [-0.2, 0) is 17.0 Å². The van der Waals surface area contributed by atoms with Gasteiger partial charge in [0.15, 0.2) is 0 Å². The van der Waals surface area contributed by atoms with Gasteiger partial charge in [0.1, 0.15) is 0 Å². The molecule has 0 heterocycles. The zero-order chi connectivity index (χ0) is 12.0. The minimum absolute atomic E-state index is 0.129. The number of non-ortho nitro benzene ring substituents is 1. The van der Waals surface area contributed by atoms with Crippen LogP contribution in [0.2, 0.25) is 0 Å². The van der Waals surface area contributed by atoms with Crippen molar-refractivity contribution in [3.05, 3.63) is 46.0 Å². The van der Waals surface area contributed by atoms with E-state index < -0.39 is 0 Å². The van der Waals surface area contributed by atoms with Crippen molar-refractivity contribution < 1.29 is 21.9 Å². The number of hydrogen-bond donors (Lipinski definition) is 0. The third-order valence-electron chi connectivity index (χ3n) is 2.06. The Hall–Kier alpha value is -1.19. The van der Waals surface area contributed by atoms with Gasteiger partial charge >= 0.3 is 104 Å². The van der Waals surface area contributed by atoms with Gasteiger partial charge in [-0.1, -0.05) is 0 Å². The van der Waals surface area contributed by atoms with E-state index in [0.29, 0.717) is 0 Å². The first-order valence-corrected chi connectivity index (χ1v) is 5.80. The summed E-state index contributed by atoms with van der Waals surface area (Å²) >= 11 is 2.52. The van der Waals surface area contributed by atoms with Crippen LogP contribution in [0.3, 0.4) is 0 Å². The number of hydrogen-bond acceptors (Lipinski definition) is 2. The molecule has 0 bridgehead atoms. The molecule has 0 saturated heterocycles. The van der Waals surface area contributed by atoms with Crippen molar-refractivity contribution in [3.63, 3.8) is 0 Å². The molecule has 0 fully saturated rings. The molecule has 0 saturated carbocycles. The fraction of sp³-hybridized carbons (Fsp3) is 0.250. The summed E-state index contributed by atoms with van der Waals surface area (Å²) in [4.78, 5) is 10.2. The molecule has 0 spiro atoms. The Kier molecular flexibility index (Phi) is 5.16. The number of nitro benzene ring substituents is 1. The molecule has 3 nitrogen and oxygen atoms in total.